The first-order valence-corrected chi connectivity index (χ1v) is 10.1. The molecule has 6 nitrogen and oxygen atoms in total. The lowest BCUT2D eigenvalue weighted by Gasteiger charge is -2.45. The van der Waals surface area contributed by atoms with Gasteiger partial charge in [-0.1, -0.05) is 11.6 Å². The van der Waals surface area contributed by atoms with E-state index in [1.54, 1.807) is 0 Å². The van der Waals surface area contributed by atoms with Gasteiger partial charge in [-0.25, -0.2) is 4.79 Å². The number of fused-ring (bicyclic) bond motifs is 1. The lowest BCUT2D eigenvalue weighted by atomic mass is 9.91. The number of urea groups is 1. The first-order chi connectivity index (χ1) is 13.0. The summed E-state index contributed by atoms with van der Waals surface area (Å²) in [6.45, 7) is 9.48. The van der Waals surface area contributed by atoms with Crippen LogP contribution >= 0.6 is 11.6 Å². The molecule has 1 aromatic carbocycles. The van der Waals surface area contributed by atoms with Crippen LogP contribution in [-0.4, -0.2) is 67.4 Å². The number of carbonyl (C=O) groups is 1. The van der Waals surface area contributed by atoms with Crippen LogP contribution in [0.15, 0.2) is 12.1 Å². The van der Waals surface area contributed by atoms with Gasteiger partial charge in [-0.15, -0.1) is 0 Å². The molecule has 3 aliphatic heterocycles. The Labute approximate surface area is 165 Å². The van der Waals surface area contributed by atoms with Crippen molar-refractivity contribution in [3.8, 4) is 0 Å². The van der Waals surface area contributed by atoms with Crippen LogP contribution in [0.25, 0.3) is 0 Å². The van der Waals surface area contributed by atoms with E-state index in [-0.39, 0.29) is 17.6 Å². The first-order valence-electron chi connectivity index (χ1n) is 9.72. The second-order valence-corrected chi connectivity index (χ2v) is 8.62. The zero-order chi connectivity index (χ0) is 19.0. The Morgan fingerprint density at radius 2 is 2.11 bits per heavy atom. The Kier molecular flexibility index (Phi) is 5.34. The molecule has 7 heteroatoms. The zero-order valence-electron chi connectivity index (χ0n) is 16.1. The Balaban J connectivity index is 1.59. The zero-order valence-corrected chi connectivity index (χ0v) is 16.8. The monoisotopic (exact) mass is 393 g/mol. The van der Waals surface area contributed by atoms with Crippen molar-refractivity contribution in [2.24, 2.45) is 0 Å². The van der Waals surface area contributed by atoms with E-state index in [0.717, 1.165) is 30.2 Å². The third kappa shape index (κ3) is 3.81. The molecule has 2 saturated heterocycles. The lowest BCUT2D eigenvalue weighted by molar-refractivity contribution is -0.0358. The number of nitrogens with one attached hydrogen (secondary N) is 1. The standard InChI is InChI=1S/C20H28ClN3O3/c1-20(2)13-27-8-6-24(20)19(25)23-5-3-14-9-15(21)10-16(17(14)11-23)18-12-26-7-4-22-18/h9-10,18,22H,3-8,11-13H2,1-2H3/t18-/m0/s1. The summed E-state index contributed by atoms with van der Waals surface area (Å²) in [7, 11) is 0. The highest BCUT2D eigenvalue weighted by atomic mass is 35.5. The Hall–Kier alpha value is -1.34. The number of ether oxygens (including phenoxy) is 2. The summed E-state index contributed by atoms with van der Waals surface area (Å²) < 4.78 is 11.2. The predicted octanol–water partition coefficient (Wildman–Crippen LogP) is 2.59. The van der Waals surface area contributed by atoms with Gasteiger partial charge in [-0.3, -0.25) is 0 Å². The predicted molar refractivity (Wildman–Crippen MR) is 104 cm³/mol. The Bertz CT molecular complexity index is 719. The second-order valence-electron chi connectivity index (χ2n) is 8.19. The Morgan fingerprint density at radius 1 is 1.26 bits per heavy atom. The van der Waals surface area contributed by atoms with Gasteiger partial charge in [-0.2, -0.15) is 0 Å². The smallest absolute Gasteiger partial charge is 0.320 e. The van der Waals surface area contributed by atoms with Gasteiger partial charge < -0.3 is 24.6 Å². The average Bonchev–Trinajstić information content (AvgIpc) is 2.67. The molecule has 2 fully saturated rings. The van der Waals surface area contributed by atoms with Crippen molar-refractivity contribution in [2.45, 2.75) is 38.4 Å². The molecular weight excluding hydrogens is 366 g/mol. The molecule has 0 saturated carbocycles. The van der Waals surface area contributed by atoms with Crippen LogP contribution in [0, 0.1) is 0 Å². The van der Waals surface area contributed by atoms with Crippen molar-refractivity contribution in [3.05, 3.63) is 33.8 Å². The maximum Gasteiger partial charge on any atom is 0.320 e. The van der Waals surface area contributed by atoms with E-state index in [4.69, 9.17) is 21.1 Å². The van der Waals surface area contributed by atoms with E-state index in [0.29, 0.717) is 39.5 Å². The van der Waals surface area contributed by atoms with Crippen molar-refractivity contribution < 1.29 is 14.3 Å². The number of nitrogens with zero attached hydrogens (tertiary/aromatic N) is 2. The molecule has 3 heterocycles. The van der Waals surface area contributed by atoms with Crippen molar-refractivity contribution in [1.29, 1.82) is 0 Å². The number of halogens is 1. The molecule has 0 radical (unpaired) electrons. The summed E-state index contributed by atoms with van der Waals surface area (Å²) in [5.41, 5.74) is 3.34. The van der Waals surface area contributed by atoms with Crippen LogP contribution < -0.4 is 5.32 Å². The van der Waals surface area contributed by atoms with E-state index < -0.39 is 0 Å². The molecule has 1 aromatic rings. The molecule has 0 aromatic heterocycles. The van der Waals surface area contributed by atoms with E-state index in [1.165, 1.54) is 11.1 Å². The third-order valence-corrected chi connectivity index (χ3v) is 6.00. The largest absolute Gasteiger partial charge is 0.378 e. The number of amides is 2. The van der Waals surface area contributed by atoms with E-state index >= 15 is 0 Å². The molecule has 1 atom stereocenters. The van der Waals surface area contributed by atoms with Crippen LogP contribution in [0.5, 0.6) is 0 Å². The van der Waals surface area contributed by atoms with Gasteiger partial charge in [0.25, 0.3) is 0 Å². The van der Waals surface area contributed by atoms with Crippen LogP contribution in [0.1, 0.15) is 36.6 Å². The number of benzene rings is 1. The fraction of sp³-hybridized carbons (Fsp3) is 0.650. The minimum Gasteiger partial charge on any atom is -0.378 e. The highest BCUT2D eigenvalue weighted by molar-refractivity contribution is 6.30. The van der Waals surface area contributed by atoms with Gasteiger partial charge >= 0.3 is 6.03 Å². The van der Waals surface area contributed by atoms with Gasteiger partial charge in [0.1, 0.15) is 0 Å². The van der Waals surface area contributed by atoms with Crippen LogP contribution in [0.4, 0.5) is 4.79 Å². The molecule has 0 unspecified atom stereocenters. The summed E-state index contributed by atoms with van der Waals surface area (Å²) in [4.78, 5) is 17.2. The molecule has 0 bridgehead atoms. The highest BCUT2D eigenvalue weighted by Gasteiger charge is 2.37. The molecule has 2 amide bonds. The molecule has 148 valence electrons. The first kappa shape index (κ1) is 19.0. The quantitative estimate of drug-likeness (QED) is 0.796. The van der Waals surface area contributed by atoms with Gasteiger partial charge in [0.2, 0.25) is 0 Å². The van der Waals surface area contributed by atoms with Crippen molar-refractivity contribution in [1.82, 2.24) is 15.1 Å². The molecular formula is C20H28ClN3O3. The van der Waals surface area contributed by atoms with Crippen molar-refractivity contribution >= 4 is 17.6 Å². The summed E-state index contributed by atoms with van der Waals surface area (Å²) in [6.07, 6.45) is 0.826. The van der Waals surface area contributed by atoms with Crippen LogP contribution in [-0.2, 0) is 22.4 Å². The van der Waals surface area contributed by atoms with Crippen molar-refractivity contribution in [3.63, 3.8) is 0 Å². The second kappa shape index (κ2) is 7.59. The molecule has 27 heavy (non-hydrogen) atoms. The summed E-state index contributed by atoms with van der Waals surface area (Å²) in [6, 6.07) is 4.30. The van der Waals surface area contributed by atoms with E-state index in [9.17, 15) is 4.79 Å². The molecule has 0 spiro atoms. The van der Waals surface area contributed by atoms with Crippen molar-refractivity contribution in [2.75, 3.05) is 46.1 Å². The maximum absolute atomic E-state index is 13.3. The normalized spacial score (nSPS) is 25.2. The number of hydrogen-bond donors (Lipinski definition) is 1. The minimum atomic E-state index is -0.281. The SMILES string of the molecule is CC1(C)COCCN1C(=O)N1CCc2cc(Cl)cc([C@@H]3COCCN3)c2C1. The Morgan fingerprint density at radius 3 is 2.85 bits per heavy atom. The molecule has 0 aliphatic carbocycles. The summed E-state index contributed by atoms with van der Waals surface area (Å²) in [5, 5.41) is 4.27. The lowest BCUT2D eigenvalue weighted by Crippen LogP contribution is -2.59. The van der Waals surface area contributed by atoms with Gasteiger partial charge in [0.05, 0.1) is 38.0 Å². The number of carbonyl (C=O) groups excluding carboxylic acids is 1. The topological polar surface area (TPSA) is 54.0 Å². The van der Waals surface area contributed by atoms with Gasteiger partial charge in [-0.05, 0) is 49.1 Å². The van der Waals surface area contributed by atoms with Crippen LogP contribution in [0.3, 0.4) is 0 Å². The number of morpholine rings is 2. The van der Waals surface area contributed by atoms with E-state index in [2.05, 4.69) is 19.2 Å². The minimum absolute atomic E-state index is 0.0997. The van der Waals surface area contributed by atoms with E-state index in [1.807, 2.05) is 21.9 Å². The number of rotatable bonds is 1. The molecule has 3 aliphatic rings. The van der Waals surface area contributed by atoms with Gasteiger partial charge in [0, 0.05) is 31.2 Å². The average molecular weight is 394 g/mol. The highest BCUT2D eigenvalue weighted by Crippen LogP contribution is 2.32. The third-order valence-electron chi connectivity index (χ3n) is 5.79. The molecule has 1 N–H and O–H groups in total. The van der Waals surface area contributed by atoms with Crippen LogP contribution in [0.2, 0.25) is 5.02 Å². The molecule has 4 rings (SSSR count). The summed E-state index contributed by atoms with van der Waals surface area (Å²) in [5.74, 6) is 0. The summed E-state index contributed by atoms with van der Waals surface area (Å²) >= 11 is 6.39. The fourth-order valence-electron chi connectivity index (χ4n) is 4.28. The fourth-order valence-corrected chi connectivity index (χ4v) is 4.53. The number of hydrogen-bond acceptors (Lipinski definition) is 4. The maximum atomic E-state index is 13.3. The van der Waals surface area contributed by atoms with Gasteiger partial charge in [0.15, 0.2) is 0 Å².